The summed E-state index contributed by atoms with van der Waals surface area (Å²) in [5.41, 5.74) is 3.77. The summed E-state index contributed by atoms with van der Waals surface area (Å²) in [4.78, 5) is 25.6. The number of aromatic nitrogens is 3. The Bertz CT molecular complexity index is 1280. The normalized spacial score (nSPS) is 10.5. The van der Waals surface area contributed by atoms with Gasteiger partial charge in [-0.2, -0.15) is 0 Å². The molecule has 0 bridgehead atoms. The molecule has 7 nitrogen and oxygen atoms in total. The van der Waals surface area contributed by atoms with Crippen molar-refractivity contribution in [3.05, 3.63) is 88.9 Å². The van der Waals surface area contributed by atoms with E-state index in [2.05, 4.69) is 41.5 Å². The van der Waals surface area contributed by atoms with E-state index in [4.69, 9.17) is 4.74 Å². The fourth-order valence-electron chi connectivity index (χ4n) is 3.16. The number of ether oxygens (including phenoxy) is 1. The molecule has 8 heteroatoms. The third-order valence-corrected chi connectivity index (χ3v) is 5.36. The Morgan fingerprint density at radius 2 is 1.82 bits per heavy atom. The third kappa shape index (κ3) is 5.72. The number of nitrogens with one attached hydrogen (secondary N) is 2. The van der Waals surface area contributed by atoms with Gasteiger partial charge in [0.15, 0.2) is 0 Å². The minimum absolute atomic E-state index is 0.323. The lowest BCUT2D eigenvalue weighted by atomic mass is 10.1. The van der Waals surface area contributed by atoms with Crippen molar-refractivity contribution in [1.29, 1.82) is 0 Å². The van der Waals surface area contributed by atoms with Gasteiger partial charge in [-0.3, -0.25) is 0 Å². The van der Waals surface area contributed by atoms with Crippen LogP contribution >= 0.6 is 15.9 Å². The smallest absolute Gasteiger partial charge is 0.323 e. The van der Waals surface area contributed by atoms with Gasteiger partial charge in [-0.1, -0.05) is 22.9 Å². The van der Waals surface area contributed by atoms with Crippen LogP contribution in [0.1, 0.15) is 18.3 Å². The minimum atomic E-state index is -0.323. The summed E-state index contributed by atoms with van der Waals surface area (Å²) < 4.78 is 7.03. The lowest BCUT2D eigenvalue weighted by Crippen LogP contribution is -2.19. The third-order valence-electron chi connectivity index (χ3n) is 4.83. The largest absolute Gasteiger partial charge is 0.438 e. The average Bonchev–Trinajstić information content (AvgIpc) is 2.83. The number of amides is 2. The minimum Gasteiger partial charge on any atom is -0.438 e. The summed E-state index contributed by atoms with van der Waals surface area (Å²) in [6, 6.07) is 18.1. The number of carbonyl (C=O) groups excluding carboxylic acids is 1. The van der Waals surface area contributed by atoms with E-state index in [-0.39, 0.29) is 6.03 Å². The Labute approximate surface area is 200 Å². The SMILES string of the molecule is CCc1nccc(-c2cccnc2Oc2ccc(NC(=O)Nc3ccc(Br)cc3)c(C)c2)n1. The standard InChI is InChI=1S/C25H22BrN5O2/c1-3-23-27-14-12-22(30-23)20-5-4-13-28-24(20)33-19-10-11-21(16(2)15-19)31-25(32)29-18-8-6-17(26)7-9-18/h4-15H,3H2,1-2H3,(H2,29,31,32). The maximum absolute atomic E-state index is 12.4. The first-order chi connectivity index (χ1) is 16.0. The monoisotopic (exact) mass is 503 g/mol. The quantitative estimate of drug-likeness (QED) is 0.309. The molecule has 0 aliphatic carbocycles. The number of hydrogen-bond acceptors (Lipinski definition) is 5. The second-order valence-corrected chi connectivity index (χ2v) is 8.15. The van der Waals surface area contributed by atoms with Crippen LogP contribution in [0.5, 0.6) is 11.6 Å². The van der Waals surface area contributed by atoms with Gasteiger partial charge in [-0.25, -0.2) is 19.7 Å². The first-order valence-corrected chi connectivity index (χ1v) is 11.2. The fourth-order valence-corrected chi connectivity index (χ4v) is 3.42. The van der Waals surface area contributed by atoms with E-state index in [1.54, 1.807) is 24.5 Å². The molecule has 0 spiro atoms. The van der Waals surface area contributed by atoms with Crippen molar-refractivity contribution >= 4 is 33.3 Å². The Balaban J connectivity index is 1.49. The average molecular weight is 504 g/mol. The number of benzene rings is 2. The number of nitrogens with zero attached hydrogens (tertiary/aromatic N) is 3. The van der Waals surface area contributed by atoms with Crippen LogP contribution < -0.4 is 15.4 Å². The molecule has 2 aromatic heterocycles. The summed E-state index contributed by atoms with van der Waals surface area (Å²) in [6.07, 6.45) is 4.16. The van der Waals surface area contributed by atoms with Gasteiger partial charge < -0.3 is 15.4 Å². The van der Waals surface area contributed by atoms with Gasteiger partial charge in [0, 0.05) is 34.7 Å². The Kier molecular flexibility index (Phi) is 6.95. The van der Waals surface area contributed by atoms with Crippen molar-refractivity contribution < 1.29 is 9.53 Å². The van der Waals surface area contributed by atoms with E-state index in [0.717, 1.165) is 33.5 Å². The highest BCUT2D eigenvalue weighted by atomic mass is 79.9. The van der Waals surface area contributed by atoms with Gasteiger partial charge in [-0.05, 0) is 73.2 Å². The molecule has 0 saturated carbocycles. The highest BCUT2D eigenvalue weighted by molar-refractivity contribution is 9.10. The zero-order chi connectivity index (χ0) is 23.2. The van der Waals surface area contributed by atoms with E-state index in [0.29, 0.717) is 23.0 Å². The van der Waals surface area contributed by atoms with Crippen LogP contribution in [0.4, 0.5) is 16.2 Å². The molecule has 2 heterocycles. The zero-order valence-electron chi connectivity index (χ0n) is 18.2. The lowest BCUT2D eigenvalue weighted by Gasteiger charge is -2.13. The maximum Gasteiger partial charge on any atom is 0.323 e. The van der Waals surface area contributed by atoms with Crippen molar-refractivity contribution in [3.8, 4) is 22.9 Å². The molecule has 0 aliphatic heterocycles. The van der Waals surface area contributed by atoms with Crippen molar-refractivity contribution in [2.24, 2.45) is 0 Å². The number of pyridine rings is 1. The second-order valence-electron chi connectivity index (χ2n) is 7.23. The molecule has 2 aromatic carbocycles. The number of hydrogen-bond donors (Lipinski definition) is 2. The Morgan fingerprint density at radius 3 is 2.58 bits per heavy atom. The summed E-state index contributed by atoms with van der Waals surface area (Å²) in [5, 5.41) is 5.67. The first-order valence-electron chi connectivity index (χ1n) is 10.4. The lowest BCUT2D eigenvalue weighted by molar-refractivity contribution is 0.262. The molecule has 4 aromatic rings. The van der Waals surface area contributed by atoms with Crippen molar-refractivity contribution in [2.45, 2.75) is 20.3 Å². The maximum atomic E-state index is 12.4. The van der Waals surface area contributed by atoms with Gasteiger partial charge in [0.25, 0.3) is 0 Å². The highest BCUT2D eigenvalue weighted by Crippen LogP contribution is 2.31. The molecular weight excluding hydrogens is 482 g/mol. The van der Waals surface area contributed by atoms with E-state index >= 15 is 0 Å². The molecule has 0 aliphatic rings. The van der Waals surface area contributed by atoms with Crippen molar-refractivity contribution in [3.63, 3.8) is 0 Å². The number of urea groups is 1. The van der Waals surface area contributed by atoms with Crippen molar-refractivity contribution in [2.75, 3.05) is 10.6 Å². The fraction of sp³-hybridized carbons (Fsp3) is 0.120. The predicted molar refractivity (Wildman–Crippen MR) is 133 cm³/mol. The molecule has 0 saturated heterocycles. The summed E-state index contributed by atoms with van der Waals surface area (Å²) >= 11 is 3.38. The second kappa shape index (κ2) is 10.2. The van der Waals surface area contributed by atoms with Crippen molar-refractivity contribution in [1.82, 2.24) is 15.0 Å². The van der Waals surface area contributed by atoms with Crippen LogP contribution in [0.15, 0.2) is 77.5 Å². The topological polar surface area (TPSA) is 89.0 Å². The number of carbonyl (C=O) groups is 1. The Hall–Kier alpha value is -3.78. The van der Waals surface area contributed by atoms with E-state index < -0.39 is 0 Å². The molecule has 0 radical (unpaired) electrons. The van der Waals surface area contributed by atoms with Gasteiger partial charge in [0.05, 0.1) is 11.3 Å². The first kappa shape index (κ1) is 22.4. The van der Waals surface area contributed by atoms with E-state index in [1.165, 1.54) is 0 Å². The number of halogens is 1. The van der Waals surface area contributed by atoms with Crippen LogP contribution in [0.25, 0.3) is 11.3 Å². The molecule has 0 fully saturated rings. The molecule has 4 rings (SSSR count). The molecule has 2 N–H and O–H groups in total. The molecule has 166 valence electrons. The van der Waals surface area contributed by atoms with E-state index in [1.807, 2.05) is 62.4 Å². The molecule has 0 atom stereocenters. The molecule has 0 unspecified atom stereocenters. The summed E-state index contributed by atoms with van der Waals surface area (Å²) in [6.45, 7) is 3.91. The van der Waals surface area contributed by atoms with Crippen LogP contribution in [0, 0.1) is 6.92 Å². The van der Waals surface area contributed by atoms with Gasteiger partial charge in [0.2, 0.25) is 5.88 Å². The highest BCUT2D eigenvalue weighted by Gasteiger charge is 2.12. The van der Waals surface area contributed by atoms with Gasteiger partial charge >= 0.3 is 6.03 Å². The predicted octanol–water partition coefficient (Wildman–Crippen LogP) is 6.61. The van der Waals surface area contributed by atoms with Crippen LogP contribution in [0.2, 0.25) is 0 Å². The Morgan fingerprint density at radius 1 is 1.00 bits per heavy atom. The molecule has 2 amide bonds. The number of anilines is 2. The number of rotatable bonds is 6. The van der Waals surface area contributed by atoms with Crippen LogP contribution in [-0.2, 0) is 6.42 Å². The molecular formula is C25H22BrN5O2. The summed E-state index contributed by atoms with van der Waals surface area (Å²) in [7, 11) is 0. The number of aryl methyl sites for hydroxylation is 2. The van der Waals surface area contributed by atoms with Crippen LogP contribution in [0.3, 0.4) is 0 Å². The molecule has 33 heavy (non-hydrogen) atoms. The zero-order valence-corrected chi connectivity index (χ0v) is 19.8. The van der Waals surface area contributed by atoms with Gasteiger partial charge in [0.1, 0.15) is 11.6 Å². The van der Waals surface area contributed by atoms with E-state index in [9.17, 15) is 4.79 Å². The van der Waals surface area contributed by atoms with Crippen LogP contribution in [-0.4, -0.2) is 21.0 Å². The van der Waals surface area contributed by atoms with Gasteiger partial charge in [-0.15, -0.1) is 0 Å². The summed E-state index contributed by atoms with van der Waals surface area (Å²) in [5.74, 6) is 1.82.